The molecule has 1 amide bonds. The largest absolute Gasteiger partial charge is 0.466 e. The third-order valence-electron chi connectivity index (χ3n) is 3.83. The lowest BCUT2D eigenvalue weighted by Gasteiger charge is -2.22. The van der Waals surface area contributed by atoms with Crippen LogP contribution in [0.15, 0.2) is 48.1 Å². The van der Waals surface area contributed by atoms with E-state index in [0.29, 0.717) is 5.57 Å². The van der Waals surface area contributed by atoms with Gasteiger partial charge in [0.1, 0.15) is 0 Å². The van der Waals surface area contributed by atoms with E-state index in [9.17, 15) is 9.59 Å². The van der Waals surface area contributed by atoms with Gasteiger partial charge in [-0.2, -0.15) is 0 Å². The molecule has 0 aliphatic carbocycles. The summed E-state index contributed by atoms with van der Waals surface area (Å²) in [6.45, 7) is 0. The minimum Gasteiger partial charge on any atom is -0.466 e. The van der Waals surface area contributed by atoms with Gasteiger partial charge in [-0.25, -0.2) is 9.59 Å². The first kappa shape index (κ1) is 13.4. The van der Waals surface area contributed by atoms with E-state index in [4.69, 9.17) is 9.47 Å². The van der Waals surface area contributed by atoms with Crippen LogP contribution in [0.25, 0.3) is 5.57 Å². The summed E-state index contributed by atoms with van der Waals surface area (Å²) in [6, 6.07) is 8.82. The molecule has 0 saturated carbocycles. The van der Waals surface area contributed by atoms with Crippen LogP contribution in [-0.4, -0.2) is 43.3 Å². The zero-order chi connectivity index (χ0) is 15.0. The Balaban J connectivity index is 2.11. The Bertz CT molecular complexity index is 648. The van der Waals surface area contributed by atoms with Gasteiger partial charge in [-0.15, -0.1) is 0 Å². The molecule has 1 aromatic carbocycles. The first-order valence-corrected chi connectivity index (χ1v) is 6.61. The van der Waals surface area contributed by atoms with Gasteiger partial charge in [0.15, 0.2) is 0 Å². The number of esters is 1. The Morgan fingerprint density at radius 3 is 2.29 bits per heavy atom. The Hall–Kier alpha value is -2.56. The summed E-state index contributed by atoms with van der Waals surface area (Å²) in [6.07, 6.45) is 3.29. The van der Waals surface area contributed by atoms with Crippen molar-refractivity contribution in [1.82, 2.24) is 4.90 Å². The number of methoxy groups -OCH3 is 2. The number of hydrogen-bond donors (Lipinski definition) is 0. The normalized spacial score (nSPS) is 22.7. The fourth-order valence-corrected chi connectivity index (χ4v) is 2.98. The van der Waals surface area contributed by atoms with Gasteiger partial charge in [-0.1, -0.05) is 42.5 Å². The van der Waals surface area contributed by atoms with Gasteiger partial charge < -0.3 is 9.47 Å². The molecular weight excluding hydrogens is 270 g/mol. The Kier molecular flexibility index (Phi) is 3.25. The number of fused-ring (bicyclic) bond motifs is 2. The van der Waals surface area contributed by atoms with Crippen molar-refractivity contribution >= 4 is 17.6 Å². The van der Waals surface area contributed by atoms with Gasteiger partial charge in [0.2, 0.25) is 0 Å². The van der Waals surface area contributed by atoms with Crippen molar-refractivity contribution in [2.45, 2.75) is 12.1 Å². The summed E-state index contributed by atoms with van der Waals surface area (Å²) in [5.41, 5.74) is 2.21. The first-order chi connectivity index (χ1) is 10.2. The van der Waals surface area contributed by atoms with Crippen LogP contribution in [0.4, 0.5) is 4.79 Å². The standard InChI is InChI=1S/C16H15NO4/c1-20-15(18)14-12-9-8-11(17(12)16(19)21-2)13(14)10-6-4-3-5-7-10/h3-9,11-12H,1-2H3. The van der Waals surface area contributed by atoms with E-state index in [1.54, 1.807) is 4.90 Å². The maximum Gasteiger partial charge on any atom is 0.411 e. The maximum atomic E-state index is 12.2. The molecule has 0 fully saturated rings. The number of carbonyl (C=O) groups excluding carboxylic acids is 2. The number of ether oxygens (including phenoxy) is 2. The first-order valence-electron chi connectivity index (χ1n) is 6.61. The molecule has 2 aliphatic rings. The van der Waals surface area contributed by atoms with Crippen LogP contribution in [0.3, 0.4) is 0 Å². The van der Waals surface area contributed by atoms with Crippen molar-refractivity contribution in [2.75, 3.05) is 14.2 Å². The minimum absolute atomic E-state index is 0.293. The lowest BCUT2D eigenvalue weighted by Crippen LogP contribution is -2.38. The molecule has 108 valence electrons. The molecule has 2 aliphatic heterocycles. The highest BCUT2D eigenvalue weighted by atomic mass is 16.5. The number of carbonyl (C=O) groups is 2. The molecule has 21 heavy (non-hydrogen) atoms. The molecule has 2 unspecified atom stereocenters. The molecule has 5 nitrogen and oxygen atoms in total. The Morgan fingerprint density at radius 2 is 1.67 bits per heavy atom. The predicted octanol–water partition coefficient (Wildman–Crippen LogP) is 2.00. The number of benzene rings is 1. The molecular formula is C16H15NO4. The Labute approximate surface area is 122 Å². The second-order valence-corrected chi connectivity index (χ2v) is 4.84. The zero-order valence-corrected chi connectivity index (χ0v) is 11.8. The molecule has 2 atom stereocenters. The van der Waals surface area contributed by atoms with Gasteiger partial charge in [-0.3, -0.25) is 4.90 Å². The number of rotatable bonds is 2. The van der Waals surface area contributed by atoms with E-state index in [2.05, 4.69) is 0 Å². The van der Waals surface area contributed by atoms with Crippen LogP contribution >= 0.6 is 0 Å². The van der Waals surface area contributed by atoms with Crippen LogP contribution < -0.4 is 0 Å². The lowest BCUT2D eigenvalue weighted by atomic mass is 9.91. The molecule has 0 radical (unpaired) electrons. The van der Waals surface area contributed by atoms with Crippen LogP contribution in [0.2, 0.25) is 0 Å². The van der Waals surface area contributed by atoms with Crippen LogP contribution in [0, 0.1) is 0 Å². The van der Waals surface area contributed by atoms with Gasteiger partial charge in [-0.05, 0) is 11.1 Å². The Morgan fingerprint density at radius 1 is 1.00 bits per heavy atom. The lowest BCUT2D eigenvalue weighted by molar-refractivity contribution is -0.136. The smallest absolute Gasteiger partial charge is 0.411 e. The van der Waals surface area contributed by atoms with Crippen LogP contribution in [-0.2, 0) is 14.3 Å². The van der Waals surface area contributed by atoms with Crippen LogP contribution in [0.1, 0.15) is 5.56 Å². The molecule has 0 N–H and O–H groups in total. The third-order valence-corrected chi connectivity index (χ3v) is 3.83. The third kappa shape index (κ3) is 1.93. The molecule has 2 bridgehead atoms. The van der Waals surface area contributed by atoms with Gasteiger partial charge >= 0.3 is 12.1 Å². The fraction of sp³-hybridized carbons (Fsp3) is 0.250. The molecule has 0 spiro atoms. The van der Waals surface area contributed by atoms with E-state index in [-0.39, 0.29) is 6.04 Å². The number of amides is 1. The van der Waals surface area contributed by atoms with Gasteiger partial charge in [0.05, 0.1) is 31.9 Å². The van der Waals surface area contributed by atoms with E-state index in [1.165, 1.54) is 14.2 Å². The second kappa shape index (κ2) is 5.09. The molecule has 3 rings (SSSR count). The van der Waals surface area contributed by atoms with Crippen molar-refractivity contribution in [2.24, 2.45) is 0 Å². The van der Waals surface area contributed by atoms with E-state index in [1.807, 2.05) is 42.5 Å². The molecule has 5 heteroatoms. The average molecular weight is 285 g/mol. The highest BCUT2D eigenvalue weighted by Crippen LogP contribution is 2.43. The molecule has 0 aromatic heterocycles. The summed E-state index contributed by atoms with van der Waals surface area (Å²) in [4.78, 5) is 25.7. The number of nitrogens with zero attached hydrogens (tertiary/aromatic N) is 1. The quantitative estimate of drug-likeness (QED) is 0.616. The maximum absolute atomic E-state index is 12.2. The van der Waals surface area contributed by atoms with Crippen molar-refractivity contribution < 1.29 is 19.1 Å². The van der Waals surface area contributed by atoms with Crippen molar-refractivity contribution in [1.29, 1.82) is 0 Å². The highest BCUT2D eigenvalue weighted by molar-refractivity contribution is 6.05. The van der Waals surface area contributed by atoms with Crippen LogP contribution in [0.5, 0.6) is 0 Å². The predicted molar refractivity (Wildman–Crippen MR) is 76.3 cm³/mol. The average Bonchev–Trinajstić information content (AvgIpc) is 3.10. The monoisotopic (exact) mass is 285 g/mol. The van der Waals surface area contributed by atoms with E-state index < -0.39 is 18.1 Å². The SMILES string of the molecule is COC(=O)C1=C(c2ccccc2)C2C=CC1N2C(=O)OC. The second-order valence-electron chi connectivity index (χ2n) is 4.84. The fourth-order valence-electron chi connectivity index (χ4n) is 2.98. The van der Waals surface area contributed by atoms with Crippen molar-refractivity contribution in [3.05, 3.63) is 53.6 Å². The molecule has 0 saturated heterocycles. The highest BCUT2D eigenvalue weighted by Gasteiger charge is 2.48. The topological polar surface area (TPSA) is 55.8 Å². The van der Waals surface area contributed by atoms with E-state index in [0.717, 1.165) is 11.1 Å². The van der Waals surface area contributed by atoms with Gasteiger partial charge in [0, 0.05) is 0 Å². The van der Waals surface area contributed by atoms with Gasteiger partial charge in [0.25, 0.3) is 0 Å². The summed E-state index contributed by atoms with van der Waals surface area (Å²) in [7, 11) is 2.68. The molecule has 2 heterocycles. The zero-order valence-electron chi connectivity index (χ0n) is 11.8. The van der Waals surface area contributed by atoms with E-state index >= 15 is 0 Å². The van der Waals surface area contributed by atoms with Crippen molar-refractivity contribution in [3.63, 3.8) is 0 Å². The molecule has 1 aromatic rings. The summed E-state index contributed by atoms with van der Waals surface area (Å²) >= 11 is 0. The number of hydrogen-bond acceptors (Lipinski definition) is 4. The summed E-state index contributed by atoms with van der Waals surface area (Å²) < 4.78 is 9.72. The summed E-state index contributed by atoms with van der Waals surface area (Å²) in [5, 5.41) is 0. The summed E-state index contributed by atoms with van der Waals surface area (Å²) in [5.74, 6) is -0.417. The van der Waals surface area contributed by atoms with Crippen molar-refractivity contribution in [3.8, 4) is 0 Å². The minimum atomic E-state index is -0.456.